The summed E-state index contributed by atoms with van der Waals surface area (Å²) in [5.41, 5.74) is 0. The molecule has 2 fully saturated rings. The highest BCUT2D eigenvalue weighted by molar-refractivity contribution is 4.70. The van der Waals surface area contributed by atoms with Gasteiger partial charge < -0.3 is 9.84 Å². The molecule has 4 heteroatoms. The van der Waals surface area contributed by atoms with Gasteiger partial charge in [0.05, 0.1) is 31.9 Å². The van der Waals surface area contributed by atoms with Crippen LogP contribution in [0.1, 0.15) is 19.3 Å². The van der Waals surface area contributed by atoms with Crippen molar-refractivity contribution in [1.82, 2.24) is 5.06 Å². The van der Waals surface area contributed by atoms with Crippen molar-refractivity contribution in [3.05, 3.63) is 0 Å². The number of hydrogen-bond donors (Lipinski definition) is 1. The molecule has 76 valence electrons. The fraction of sp³-hybridized carbons (Fsp3) is 1.00. The molecule has 2 atom stereocenters. The highest BCUT2D eigenvalue weighted by Crippen LogP contribution is 2.15. The molecule has 0 amide bonds. The molecule has 0 radical (unpaired) electrons. The van der Waals surface area contributed by atoms with Crippen molar-refractivity contribution in [3.63, 3.8) is 0 Å². The zero-order chi connectivity index (χ0) is 9.10. The largest absolute Gasteiger partial charge is 0.389 e. The molecule has 2 aliphatic rings. The van der Waals surface area contributed by atoms with Crippen LogP contribution in [-0.2, 0) is 9.57 Å². The molecular weight excluding hydrogens is 170 g/mol. The minimum absolute atomic E-state index is 0.305. The summed E-state index contributed by atoms with van der Waals surface area (Å²) in [6.07, 6.45) is 3.54. The number of β-amino-alcohol motifs (C(OH)–C–C–N with tert-alkyl or cyclic N) is 1. The molecule has 2 rings (SSSR count). The molecular formula is C9H17NO3. The Labute approximate surface area is 78.4 Å². The van der Waals surface area contributed by atoms with Crippen LogP contribution < -0.4 is 0 Å². The van der Waals surface area contributed by atoms with Crippen LogP contribution in [0.2, 0.25) is 0 Å². The lowest BCUT2D eigenvalue weighted by Gasteiger charge is -2.25. The van der Waals surface area contributed by atoms with Gasteiger partial charge in [0.15, 0.2) is 0 Å². The fourth-order valence-corrected chi connectivity index (χ4v) is 1.84. The lowest BCUT2D eigenvalue weighted by atomic mass is 10.1. The van der Waals surface area contributed by atoms with Gasteiger partial charge in [-0.15, -0.1) is 0 Å². The van der Waals surface area contributed by atoms with Gasteiger partial charge in [0.25, 0.3) is 0 Å². The second-order valence-electron chi connectivity index (χ2n) is 3.79. The Bertz CT molecular complexity index is 156. The summed E-state index contributed by atoms with van der Waals surface area (Å²) < 4.78 is 5.57. The zero-order valence-corrected chi connectivity index (χ0v) is 7.82. The van der Waals surface area contributed by atoms with E-state index < -0.39 is 0 Å². The van der Waals surface area contributed by atoms with E-state index in [-0.39, 0.29) is 6.10 Å². The summed E-state index contributed by atoms with van der Waals surface area (Å²) in [7, 11) is 0. The zero-order valence-electron chi connectivity index (χ0n) is 7.82. The molecule has 0 aliphatic carbocycles. The van der Waals surface area contributed by atoms with E-state index in [1.807, 2.05) is 5.06 Å². The predicted octanol–water partition coefficient (Wildman–Crippen LogP) is 0.164. The van der Waals surface area contributed by atoms with Crippen LogP contribution in [0.4, 0.5) is 0 Å². The van der Waals surface area contributed by atoms with E-state index in [4.69, 9.17) is 9.57 Å². The first-order valence-corrected chi connectivity index (χ1v) is 5.02. The Morgan fingerprint density at radius 1 is 1.38 bits per heavy atom. The van der Waals surface area contributed by atoms with Gasteiger partial charge in [-0.2, -0.15) is 5.06 Å². The fourth-order valence-electron chi connectivity index (χ4n) is 1.84. The lowest BCUT2D eigenvalue weighted by Crippen LogP contribution is -2.34. The summed E-state index contributed by atoms with van der Waals surface area (Å²) in [5.74, 6) is 0. The van der Waals surface area contributed by atoms with Crippen molar-refractivity contribution in [2.45, 2.75) is 31.5 Å². The number of aliphatic hydroxyl groups excluding tert-OH is 1. The Kier molecular flexibility index (Phi) is 3.16. The van der Waals surface area contributed by atoms with Gasteiger partial charge in [-0.05, 0) is 19.3 Å². The molecule has 0 saturated carbocycles. The first-order valence-electron chi connectivity index (χ1n) is 5.02. The minimum Gasteiger partial charge on any atom is -0.389 e. The third-order valence-electron chi connectivity index (χ3n) is 2.55. The molecule has 2 aliphatic heterocycles. The van der Waals surface area contributed by atoms with Crippen LogP contribution in [-0.4, -0.2) is 48.7 Å². The van der Waals surface area contributed by atoms with Crippen LogP contribution >= 0.6 is 0 Å². The maximum absolute atomic E-state index is 9.22. The monoisotopic (exact) mass is 187 g/mol. The Balaban J connectivity index is 1.71. The Morgan fingerprint density at radius 3 is 2.92 bits per heavy atom. The van der Waals surface area contributed by atoms with Crippen molar-refractivity contribution in [3.8, 4) is 0 Å². The first kappa shape index (κ1) is 9.40. The Hall–Kier alpha value is -0.160. The lowest BCUT2D eigenvalue weighted by molar-refractivity contribution is -0.141. The highest BCUT2D eigenvalue weighted by Gasteiger charge is 2.25. The quantitative estimate of drug-likeness (QED) is 0.669. The summed E-state index contributed by atoms with van der Waals surface area (Å²) in [5, 5.41) is 11.0. The van der Waals surface area contributed by atoms with E-state index in [2.05, 4.69) is 0 Å². The molecule has 0 aromatic heterocycles. The molecule has 13 heavy (non-hydrogen) atoms. The number of ether oxygens (including phenoxy) is 1. The van der Waals surface area contributed by atoms with E-state index in [1.165, 1.54) is 12.8 Å². The van der Waals surface area contributed by atoms with E-state index >= 15 is 0 Å². The molecule has 4 nitrogen and oxygen atoms in total. The second kappa shape index (κ2) is 4.37. The van der Waals surface area contributed by atoms with Crippen LogP contribution in [0, 0.1) is 0 Å². The summed E-state index contributed by atoms with van der Waals surface area (Å²) in [6, 6.07) is 0. The van der Waals surface area contributed by atoms with Gasteiger partial charge >= 0.3 is 0 Å². The second-order valence-corrected chi connectivity index (χ2v) is 3.79. The van der Waals surface area contributed by atoms with Gasteiger partial charge in [0.1, 0.15) is 0 Å². The third-order valence-corrected chi connectivity index (χ3v) is 2.55. The normalized spacial score (nSPS) is 36.7. The van der Waals surface area contributed by atoms with E-state index in [9.17, 15) is 5.11 Å². The number of rotatable bonds is 2. The SMILES string of the molecule is O[C@H]1CON(CC2CCCCO2)C1. The maximum Gasteiger partial charge on any atom is 0.0958 e. The minimum atomic E-state index is -0.316. The molecule has 0 spiro atoms. The Morgan fingerprint density at radius 2 is 2.31 bits per heavy atom. The summed E-state index contributed by atoms with van der Waals surface area (Å²) in [6.45, 7) is 2.74. The van der Waals surface area contributed by atoms with Crippen LogP contribution in [0.25, 0.3) is 0 Å². The predicted molar refractivity (Wildman–Crippen MR) is 47.1 cm³/mol. The van der Waals surface area contributed by atoms with Gasteiger partial charge in [0.2, 0.25) is 0 Å². The molecule has 0 aromatic carbocycles. The summed E-state index contributed by atoms with van der Waals surface area (Å²) in [4.78, 5) is 5.27. The van der Waals surface area contributed by atoms with Gasteiger partial charge in [-0.1, -0.05) is 0 Å². The first-order chi connectivity index (χ1) is 6.34. The average Bonchev–Trinajstić information content (AvgIpc) is 2.53. The number of hydroxylamine groups is 2. The topological polar surface area (TPSA) is 41.9 Å². The van der Waals surface area contributed by atoms with E-state index in [0.29, 0.717) is 19.3 Å². The molecule has 2 heterocycles. The molecule has 1 unspecified atom stereocenters. The average molecular weight is 187 g/mol. The van der Waals surface area contributed by atoms with Crippen molar-refractivity contribution >= 4 is 0 Å². The number of hydrogen-bond acceptors (Lipinski definition) is 4. The van der Waals surface area contributed by atoms with E-state index in [1.54, 1.807) is 0 Å². The third kappa shape index (κ3) is 2.64. The molecule has 2 saturated heterocycles. The highest BCUT2D eigenvalue weighted by atomic mass is 16.7. The molecule has 0 bridgehead atoms. The van der Waals surface area contributed by atoms with E-state index in [0.717, 1.165) is 19.6 Å². The summed E-state index contributed by atoms with van der Waals surface area (Å²) >= 11 is 0. The molecule has 1 N–H and O–H groups in total. The molecule has 0 aromatic rings. The van der Waals surface area contributed by atoms with Gasteiger partial charge in [-0.25, -0.2) is 0 Å². The van der Waals surface area contributed by atoms with Crippen molar-refractivity contribution in [1.29, 1.82) is 0 Å². The standard InChI is InChI=1S/C9H17NO3/c11-8-5-10(13-7-8)6-9-3-1-2-4-12-9/h8-9,11H,1-7H2/t8-,9?/m1/s1. The van der Waals surface area contributed by atoms with Crippen molar-refractivity contribution in [2.75, 3.05) is 26.3 Å². The maximum atomic E-state index is 9.22. The van der Waals surface area contributed by atoms with Crippen molar-refractivity contribution < 1.29 is 14.7 Å². The van der Waals surface area contributed by atoms with Gasteiger partial charge in [-0.3, -0.25) is 4.84 Å². The number of nitrogens with zero attached hydrogens (tertiary/aromatic N) is 1. The number of aliphatic hydroxyl groups is 1. The van der Waals surface area contributed by atoms with Crippen molar-refractivity contribution in [2.24, 2.45) is 0 Å². The van der Waals surface area contributed by atoms with Crippen LogP contribution in [0.15, 0.2) is 0 Å². The van der Waals surface area contributed by atoms with Crippen LogP contribution in [0.3, 0.4) is 0 Å². The smallest absolute Gasteiger partial charge is 0.0958 e. The van der Waals surface area contributed by atoms with Gasteiger partial charge in [0, 0.05) is 6.61 Å². The van der Waals surface area contributed by atoms with Crippen LogP contribution in [0.5, 0.6) is 0 Å².